The molecule has 3 heterocycles. The number of hydrogen-bond acceptors (Lipinski definition) is 7. The topological polar surface area (TPSA) is 131 Å². The lowest BCUT2D eigenvalue weighted by molar-refractivity contribution is 0.0920. The van der Waals surface area contributed by atoms with Crippen LogP contribution in [-0.4, -0.2) is 66.2 Å². The van der Waals surface area contributed by atoms with Gasteiger partial charge in [-0.1, -0.05) is 0 Å². The molecule has 2 aromatic rings. The summed E-state index contributed by atoms with van der Waals surface area (Å²) < 4.78 is 11.2. The van der Waals surface area contributed by atoms with Gasteiger partial charge in [0.1, 0.15) is 13.2 Å². The molecule has 0 unspecified atom stereocenters. The number of likely N-dealkylation sites (tertiary alicyclic amines) is 1. The maximum Gasteiger partial charge on any atom is 0.253 e. The van der Waals surface area contributed by atoms with Crippen LogP contribution in [0.5, 0.6) is 11.5 Å². The zero-order valence-electron chi connectivity index (χ0n) is 16.3. The third-order valence-electron chi connectivity index (χ3n) is 5.15. The van der Waals surface area contributed by atoms with Crippen LogP contribution in [-0.2, 0) is 0 Å². The quantitative estimate of drug-likeness (QED) is 0.283. The molecule has 2 aliphatic heterocycles. The van der Waals surface area contributed by atoms with Gasteiger partial charge in [0, 0.05) is 43.8 Å². The molecule has 1 amide bonds. The molecular formula is C19H25N7O3. The van der Waals surface area contributed by atoms with Crippen molar-refractivity contribution in [2.24, 2.45) is 16.8 Å². The van der Waals surface area contributed by atoms with Crippen molar-refractivity contribution in [1.29, 1.82) is 0 Å². The lowest BCUT2D eigenvalue weighted by atomic mass is 10.0. The maximum atomic E-state index is 12.7. The van der Waals surface area contributed by atoms with Gasteiger partial charge in [-0.05, 0) is 25.0 Å². The molecule has 5 N–H and O–H groups in total. The summed E-state index contributed by atoms with van der Waals surface area (Å²) in [7, 11) is 1.70. The van der Waals surface area contributed by atoms with Crippen LogP contribution in [0.4, 0.5) is 0 Å². The number of fused-ring (bicyclic) bond motifs is 2. The molecule has 29 heavy (non-hydrogen) atoms. The van der Waals surface area contributed by atoms with Crippen molar-refractivity contribution in [3.63, 3.8) is 0 Å². The molecule has 1 aromatic heterocycles. The monoisotopic (exact) mass is 399 g/mol. The van der Waals surface area contributed by atoms with Gasteiger partial charge in [-0.2, -0.15) is 0 Å². The van der Waals surface area contributed by atoms with Crippen LogP contribution in [0, 0.1) is 0 Å². The van der Waals surface area contributed by atoms with Gasteiger partial charge in [0.25, 0.3) is 5.91 Å². The fraction of sp³-hybridized carbons (Fsp3) is 0.421. The van der Waals surface area contributed by atoms with Crippen molar-refractivity contribution in [1.82, 2.24) is 20.2 Å². The Morgan fingerprint density at radius 1 is 1.24 bits per heavy atom. The second-order valence-corrected chi connectivity index (χ2v) is 7.19. The van der Waals surface area contributed by atoms with Crippen molar-refractivity contribution in [2.75, 3.05) is 33.4 Å². The van der Waals surface area contributed by atoms with E-state index in [0.29, 0.717) is 49.3 Å². The SMILES string of the molecule is CN(N)/C(=N\N)N1CCC(NC(=O)c2cnc3cc4c(cc3c2)OCCO4)CC1. The molecule has 1 fully saturated rings. The van der Waals surface area contributed by atoms with Crippen LogP contribution in [0.15, 0.2) is 29.5 Å². The van der Waals surface area contributed by atoms with Gasteiger partial charge in [-0.15, -0.1) is 5.10 Å². The molecule has 0 bridgehead atoms. The summed E-state index contributed by atoms with van der Waals surface area (Å²) in [4.78, 5) is 19.2. The predicted octanol–water partition coefficient (Wildman–Crippen LogP) is 0.235. The van der Waals surface area contributed by atoms with Crippen molar-refractivity contribution in [2.45, 2.75) is 18.9 Å². The Hall–Kier alpha value is -3.27. The Bertz CT molecular complexity index is 939. The number of piperidine rings is 1. The number of benzene rings is 1. The minimum atomic E-state index is -0.142. The van der Waals surface area contributed by atoms with Crippen molar-refractivity contribution < 1.29 is 14.3 Å². The van der Waals surface area contributed by atoms with E-state index < -0.39 is 0 Å². The largest absolute Gasteiger partial charge is 0.486 e. The summed E-state index contributed by atoms with van der Waals surface area (Å²) in [5.41, 5.74) is 1.28. The third-order valence-corrected chi connectivity index (χ3v) is 5.15. The molecule has 1 saturated heterocycles. The molecule has 2 aliphatic rings. The van der Waals surface area contributed by atoms with Gasteiger partial charge in [-0.25, -0.2) is 5.84 Å². The number of pyridine rings is 1. The molecule has 10 heteroatoms. The average Bonchev–Trinajstić information content (AvgIpc) is 2.73. The van der Waals surface area contributed by atoms with Crippen LogP contribution >= 0.6 is 0 Å². The second-order valence-electron chi connectivity index (χ2n) is 7.19. The number of amides is 1. The maximum absolute atomic E-state index is 12.7. The number of nitrogens with zero attached hydrogens (tertiary/aromatic N) is 4. The Kier molecular flexibility index (Phi) is 5.26. The molecule has 154 valence electrons. The van der Waals surface area contributed by atoms with E-state index in [4.69, 9.17) is 21.2 Å². The number of rotatable bonds is 2. The lowest BCUT2D eigenvalue weighted by Gasteiger charge is -2.35. The average molecular weight is 399 g/mol. The number of nitrogens with one attached hydrogen (secondary N) is 1. The van der Waals surface area contributed by atoms with E-state index in [1.54, 1.807) is 13.2 Å². The van der Waals surface area contributed by atoms with Gasteiger partial charge < -0.3 is 25.5 Å². The molecular weight excluding hydrogens is 374 g/mol. The highest BCUT2D eigenvalue weighted by Gasteiger charge is 2.24. The lowest BCUT2D eigenvalue weighted by Crippen LogP contribution is -2.52. The third kappa shape index (κ3) is 3.97. The van der Waals surface area contributed by atoms with Gasteiger partial charge >= 0.3 is 0 Å². The van der Waals surface area contributed by atoms with Gasteiger partial charge in [0.2, 0.25) is 5.96 Å². The molecule has 0 radical (unpaired) electrons. The molecule has 10 nitrogen and oxygen atoms in total. The van der Waals surface area contributed by atoms with Crippen LogP contribution in [0.3, 0.4) is 0 Å². The van der Waals surface area contributed by atoms with Crippen molar-refractivity contribution >= 4 is 22.8 Å². The van der Waals surface area contributed by atoms with Gasteiger partial charge in [0.05, 0.1) is 11.1 Å². The van der Waals surface area contributed by atoms with E-state index in [1.807, 2.05) is 23.1 Å². The highest BCUT2D eigenvalue weighted by Crippen LogP contribution is 2.34. The summed E-state index contributed by atoms with van der Waals surface area (Å²) in [6.07, 6.45) is 3.14. The van der Waals surface area contributed by atoms with Crippen LogP contribution in [0.1, 0.15) is 23.2 Å². The number of hydrogen-bond donors (Lipinski definition) is 3. The van der Waals surface area contributed by atoms with E-state index in [-0.39, 0.29) is 11.9 Å². The molecule has 0 saturated carbocycles. The second kappa shape index (κ2) is 8.00. The van der Waals surface area contributed by atoms with E-state index >= 15 is 0 Å². The highest BCUT2D eigenvalue weighted by atomic mass is 16.6. The fourth-order valence-corrected chi connectivity index (χ4v) is 3.68. The van der Waals surface area contributed by atoms with Crippen LogP contribution in [0.25, 0.3) is 10.9 Å². The number of ether oxygens (including phenoxy) is 2. The van der Waals surface area contributed by atoms with E-state index in [9.17, 15) is 4.79 Å². The number of nitrogens with two attached hydrogens (primary N) is 2. The van der Waals surface area contributed by atoms with Crippen molar-refractivity contribution in [3.8, 4) is 11.5 Å². The number of carbonyl (C=O) groups excluding carboxylic acids is 1. The van der Waals surface area contributed by atoms with E-state index in [0.717, 1.165) is 23.7 Å². The number of aromatic nitrogens is 1. The van der Waals surface area contributed by atoms with Gasteiger partial charge in [-0.3, -0.25) is 14.8 Å². The summed E-state index contributed by atoms with van der Waals surface area (Å²) in [6.45, 7) is 2.46. The first kappa shape index (κ1) is 19.1. The molecule has 0 aliphatic carbocycles. The normalized spacial score (nSPS) is 17.3. The smallest absolute Gasteiger partial charge is 0.253 e. The predicted molar refractivity (Wildman–Crippen MR) is 108 cm³/mol. The number of guanidine groups is 1. The Morgan fingerprint density at radius 3 is 2.59 bits per heavy atom. The summed E-state index contributed by atoms with van der Waals surface area (Å²) >= 11 is 0. The first-order chi connectivity index (χ1) is 14.0. The van der Waals surface area contributed by atoms with E-state index in [2.05, 4.69) is 15.4 Å². The summed E-state index contributed by atoms with van der Waals surface area (Å²) in [6, 6.07) is 5.60. The van der Waals surface area contributed by atoms with Crippen LogP contribution in [0.2, 0.25) is 0 Å². The Morgan fingerprint density at radius 2 is 1.93 bits per heavy atom. The zero-order chi connectivity index (χ0) is 20.4. The minimum absolute atomic E-state index is 0.0665. The molecule has 0 spiro atoms. The summed E-state index contributed by atoms with van der Waals surface area (Å²) in [5, 5.41) is 9.06. The first-order valence-corrected chi connectivity index (χ1v) is 9.56. The Labute approximate surface area is 168 Å². The first-order valence-electron chi connectivity index (χ1n) is 9.56. The molecule has 4 rings (SSSR count). The fourth-order valence-electron chi connectivity index (χ4n) is 3.68. The highest BCUT2D eigenvalue weighted by molar-refractivity contribution is 5.98. The van der Waals surface area contributed by atoms with Gasteiger partial charge in [0.15, 0.2) is 11.5 Å². The zero-order valence-corrected chi connectivity index (χ0v) is 16.3. The standard InChI is InChI=1S/C19H25N7O3/c1-25(21)19(24-20)26-4-2-14(3-5-26)23-18(27)13-8-12-9-16-17(29-7-6-28-16)10-15(12)22-11-13/h8-11,14H,2-7,20-21H2,1H3,(H,23,27)/b24-19+. The number of hydrazone groups is 1. The molecule has 0 atom stereocenters. The van der Waals surface area contributed by atoms with Crippen molar-refractivity contribution in [3.05, 3.63) is 30.0 Å². The van der Waals surface area contributed by atoms with Crippen LogP contribution < -0.4 is 26.5 Å². The van der Waals surface area contributed by atoms with E-state index in [1.165, 1.54) is 5.01 Å². The minimum Gasteiger partial charge on any atom is -0.486 e. The Balaban J connectivity index is 1.42. The number of carbonyl (C=O) groups is 1. The number of hydrazine groups is 1. The summed E-state index contributed by atoms with van der Waals surface area (Å²) in [5.74, 6) is 12.9. The molecule has 1 aromatic carbocycles.